The molecule has 0 atom stereocenters. The Labute approximate surface area is 163 Å². The van der Waals surface area contributed by atoms with Gasteiger partial charge in [-0.2, -0.15) is 0 Å². The lowest BCUT2D eigenvalue weighted by molar-refractivity contribution is -0.119. The highest BCUT2D eigenvalue weighted by Gasteiger charge is 2.18. The molecule has 27 heavy (non-hydrogen) atoms. The van der Waals surface area contributed by atoms with Crippen molar-refractivity contribution in [3.05, 3.63) is 43.3 Å². The summed E-state index contributed by atoms with van der Waals surface area (Å²) < 4.78 is 12.2. The van der Waals surface area contributed by atoms with Crippen LogP contribution in [-0.4, -0.2) is 24.5 Å². The molecule has 0 aliphatic heterocycles. The van der Waals surface area contributed by atoms with Gasteiger partial charge in [0.2, 0.25) is 0 Å². The van der Waals surface area contributed by atoms with Crippen molar-refractivity contribution in [3.8, 4) is 11.5 Å². The molecular weight excluding hydrogens is 362 g/mol. The van der Waals surface area contributed by atoms with Crippen LogP contribution in [0, 0.1) is 5.41 Å². The number of nitrogens with one attached hydrogen (secondary N) is 1. The number of unbranched alkanes of at least 4 members (excludes halogenated alkanes) is 1. The van der Waals surface area contributed by atoms with E-state index in [4.69, 9.17) is 9.47 Å². The van der Waals surface area contributed by atoms with E-state index >= 15 is 0 Å². The summed E-state index contributed by atoms with van der Waals surface area (Å²) in [6.45, 7) is 8.29. The highest BCUT2D eigenvalue weighted by atomic mass is 32.1. The lowest BCUT2D eigenvalue weighted by Crippen LogP contribution is -2.22. The third-order valence-corrected chi connectivity index (χ3v) is 4.89. The molecule has 1 heterocycles. The minimum Gasteiger partial charge on any atom is -0.493 e. The molecule has 2 rings (SSSR count). The van der Waals surface area contributed by atoms with Gasteiger partial charge in [0.15, 0.2) is 17.3 Å². The normalized spacial score (nSPS) is 13.1. The van der Waals surface area contributed by atoms with Gasteiger partial charge < -0.3 is 14.5 Å². The lowest BCUT2D eigenvalue weighted by Gasteiger charge is -2.12. The van der Waals surface area contributed by atoms with Crippen molar-refractivity contribution in [1.82, 2.24) is 4.98 Å². The number of H-pyrrole nitrogens is 1. The average Bonchev–Trinajstić information content (AvgIpc) is 2.94. The van der Waals surface area contributed by atoms with E-state index < -0.39 is 5.41 Å². The van der Waals surface area contributed by atoms with Crippen LogP contribution in [0.2, 0.25) is 0 Å². The number of aromatic amines is 1. The Kier molecular flexibility index (Phi) is 7.02. The first-order valence-electron chi connectivity index (χ1n) is 9.02. The van der Waals surface area contributed by atoms with E-state index in [1.807, 2.05) is 39.0 Å². The van der Waals surface area contributed by atoms with Gasteiger partial charge >= 0.3 is 0 Å². The zero-order valence-electron chi connectivity index (χ0n) is 16.5. The Morgan fingerprint density at radius 1 is 1.26 bits per heavy atom. The van der Waals surface area contributed by atoms with E-state index in [1.165, 1.54) is 17.4 Å². The smallest absolute Gasteiger partial charge is 0.266 e. The molecule has 0 bridgehead atoms. The van der Waals surface area contributed by atoms with E-state index in [0.29, 0.717) is 27.3 Å². The molecule has 0 spiro atoms. The summed E-state index contributed by atoms with van der Waals surface area (Å²) in [6.07, 6.45) is 5.32. The fraction of sp³-hybridized carbons (Fsp3) is 0.429. The summed E-state index contributed by atoms with van der Waals surface area (Å²) in [4.78, 5) is 27.1. The van der Waals surface area contributed by atoms with Gasteiger partial charge in [0.25, 0.3) is 5.56 Å². The van der Waals surface area contributed by atoms with Crippen LogP contribution in [0.5, 0.6) is 11.5 Å². The predicted molar refractivity (Wildman–Crippen MR) is 110 cm³/mol. The van der Waals surface area contributed by atoms with Crippen molar-refractivity contribution in [2.75, 3.05) is 13.7 Å². The standard InChI is InChI=1S/C21H27NO4S/c1-6-7-10-26-15-9-8-14(11-16(15)25-5)12-17-20(24)22-19(27-17)13-18(23)21(2,3)4/h8-9,11-13H,6-7,10H2,1-5H3,(H,22,24)/b17-12-,19-13-. The van der Waals surface area contributed by atoms with E-state index in [-0.39, 0.29) is 11.3 Å². The molecule has 0 unspecified atom stereocenters. The molecule has 0 aliphatic rings. The zero-order chi connectivity index (χ0) is 20.0. The van der Waals surface area contributed by atoms with Gasteiger partial charge in [0.05, 0.1) is 22.9 Å². The van der Waals surface area contributed by atoms with Crippen LogP contribution in [0.15, 0.2) is 23.0 Å². The molecule has 0 radical (unpaired) electrons. The van der Waals surface area contributed by atoms with Gasteiger partial charge in [-0.15, -0.1) is 11.3 Å². The first-order valence-corrected chi connectivity index (χ1v) is 9.84. The highest BCUT2D eigenvalue weighted by molar-refractivity contribution is 7.07. The Hall–Kier alpha value is -2.34. The quantitative estimate of drug-likeness (QED) is 0.740. The average molecular weight is 390 g/mol. The maximum Gasteiger partial charge on any atom is 0.266 e. The molecule has 146 valence electrons. The van der Waals surface area contributed by atoms with Gasteiger partial charge in [-0.3, -0.25) is 9.59 Å². The number of ether oxygens (including phenoxy) is 2. The van der Waals surface area contributed by atoms with Crippen LogP contribution in [0.3, 0.4) is 0 Å². The predicted octanol–water partition coefficient (Wildman–Crippen LogP) is 2.85. The highest BCUT2D eigenvalue weighted by Crippen LogP contribution is 2.28. The number of aromatic nitrogens is 1. The van der Waals surface area contributed by atoms with Crippen molar-refractivity contribution in [1.29, 1.82) is 0 Å². The number of carbonyl (C=O) groups excluding carboxylic acids is 1. The SMILES string of the molecule is CCCCOc1ccc(/C=c2\s/c(=C\C(=O)C(C)(C)C)[nH]c2=O)cc1OC. The number of carbonyl (C=O) groups is 1. The molecule has 1 N–H and O–H groups in total. The molecule has 0 fully saturated rings. The number of methoxy groups -OCH3 is 1. The maximum atomic E-state index is 12.2. The number of hydrogen-bond donors (Lipinski definition) is 1. The molecule has 0 aliphatic carbocycles. The summed E-state index contributed by atoms with van der Waals surface area (Å²) in [6, 6.07) is 5.56. The molecule has 1 aromatic carbocycles. The molecule has 5 nitrogen and oxygen atoms in total. The van der Waals surface area contributed by atoms with E-state index in [9.17, 15) is 9.59 Å². The Morgan fingerprint density at radius 2 is 2.00 bits per heavy atom. The molecule has 6 heteroatoms. The number of rotatable bonds is 7. The number of ketones is 1. The van der Waals surface area contributed by atoms with Gasteiger partial charge in [-0.1, -0.05) is 40.2 Å². The summed E-state index contributed by atoms with van der Waals surface area (Å²) in [5, 5.41) is 0. The van der Waals surface area contributed by atoms with Crippen LogP contribution < -0.4 is 24.2 Å². The van der Waals surface area contributed by atoms with Gasteiger partial charge in [-0.25, -0.2) is 0 Å². The summed E-state index contributed by atoms with van der Waals surface area (Å²) in [7, 11) is 1.59. The molecule has 2 aromatic rings. The van der Waals surface area contributed by atoms with Gasteiger partial charge in [0, 0.05) is 11.5 Å². The first kappa shape index (κ1) is 21.0. The van der Waals surface area contributed by atoms with E-state index in [2.05, 4.69) is 11.9 Å². The fourth-order valence-corrected chi connectivity index (χ4v) is 3.12. The van der Waals surface area contributed by atoms with Crippen molar-refractivity contribution < 1.29 is 14.3 Å². The Bertz CT molecular complexity index is 963. The molecular formula is C21H27NO4S. The number of thiazole rings is 1. The number of Topliss-reactive ketones (excluding diaryl/α,β-unsaturated/α-hetero) is 1. The largest absolute Gasteiger partial charge is 0.493 e. The Morgan fingerprint density at radius 3 is 2.63 bits per heavy atom. The van der Waals surface area contributed by atoms with Crippen LogP contribution in [0.4, 0.5) is 0 Å². The Balaban J connectivity index is 2.35. The van der Waals surface area contributed by atoms with E-state index in [0.717, 1.165) is 18.4 Å². The summed E-state index contributed by atoms with van der Waals surface area (Å²) in [5.41, 5.74) is 0.136. The first-order chi connectivity index (χ1) is 12.7. The topological polar surface area (TPSA) is 68.4 Å². The fourth-order valence-electron chi connectivity index (χ4n) is 2.23. The van der Waals surface area contributed by atoms with Crippen LogP contribution in [0.1, 0.15) is 46.1 Å². The zero-order valence-corrected chi connectivity index (χ0v) is 17.4. The molecule has 0 saturated heterocycles. The second kappa shape index (κ2) is 9.04. The minimum absolute atomic E-state index is 0.0261. The monoisotopic (exact) mass is 389 g/mol. The number of hydrogen-bond acceptors (Lipinski definition) is 5. The van der Waals surface area contributed by atoms with Crippen molar-refractivity contribution in [2.45, 2.75) is 40.5 Å². The van der Waals surface area contributed by atoms with Crippen LogP contribution in [0.25, 0.3) is 12.2 Å². The minimum atomic E-state index is -0.480. The second-order valence-electron chi connectivity index (χ2n) is 7.30. The van der Waals surface area contributed by atoms with Crippen molar-refractivity contribution >= 4 is 29.3 Å². The van der Waals surface area contributed by atoms with Crippen molar-refractivity contribution in [2.24, 2.45) is 5.41 Å². The molecule has 0 saturated carbocycles. The lowest BCUT2D eigenvalue weighted by atomic mass is 9.91. The van der Waals surface area contributed by atoms with Crippen LogP contribution >= 0.6 is 11.3 Å². The van der Waals surface area contributed by atoms with Gasteiger partial charge in [-0.05, 0) is 30.2 Å². The number of benzene rings is 1. The van der Waals surface area contributed by atoms with E-state index in [1.54, 1.807) is 13.2 Å². The van der Waals surface area contributed by atoms with Crippen LogP contribution in [-0.2, 0) is 4.79 Å². The summed E-state index contributed by atoms with van der Waals surface area (Å²) in [5.74, 6) is 1.29. The van der Waals surface area contributed by atoms with Gasteiger partial charge in [0.1, 0.15) is 0 Å². The summed E-state index contributed by atoms with van der Waals surface area (Å²) >= 11 is 1.26. The third kappa shape index (κ3) is 5.82. The van der Waals surface area contributed by atoms with Crippen molar-refractivity contribution in [3.63, 3.8) is 0 Å². The third-order valence-electron chi connectivity index (χ3n) is 3.92. The maximum absolute atomic E-state index is 12.2. The second-order valence-corrected chi connectivity index (χ2v) is 8.38. The molecule has 0 amide bonds. The molecule has 1 aromatic heterocycles.